The number of hydrogen-bond donors (Lipinski definition) is 1. The summed E-state index contributed by atoms with van der Waals surface area (Å²) < 4.78 is 3.72. The molecule has 0 radical (unpaired) electrons. The van der Waals surface area contributed by atoms with Crippen LogP contribution in [0.4, 0.5) is 0 Å². The van der Waals surface area contributed by atoms with Gasteiger partial charge in [-0.15, -0.1) is 0 Å². The first-order valence-corrected chi connectivity index (χ1v) is 6.29. The number of hydrogen-bond acceptors (Lipinski definition) is 3. The van der Waals surface area contributed by atoms with E-state index >= 15 is 0 Å². The first-order chi connectivity index (χ1) is 9.20. The molecule has 5 nitrogen and oxygen atoms in total. The van der Waals surface area contributed by atoms with Crippen LogP contribution in [0.2, 0.25) is 0 Å². The number of benzene rings is 1. The molecule has 1 atom stereocenters. The van der Waals surface area contributed by atoms with E-state index in [2.05, 4.69) is 27.6 Å². The van der Waals surface area contributed by atoms with Crippen molar-refractivity contribution in [2.24, 2.45) is 14.1 Å². The van der Waals surface area contributed by atoms with Crippen LogP contribution in [0.25, 0.3) is 10.9 Å². The molecule has 1 N–H and O–H groups in total. The molecule has 2 aromatic heterocycles. The molecule has 0 bridgehead atoms. The molecule has 5 heteroatoms. The van der Waals surface area contributed by atoms with Crippen LogP contribution in [0.15, 0.2) is 36.5 Å². The summed E-state index contributed by atoms with van der Waals surface area (Å²) in [7, 11) is 5.83. The summed E-state index contributed by atoms with van der Waals surface area (Å²) in [6, 6.07) is 10.3. The Morgan fingerprint density at radius 2 is 1.89 bits per heavy atom. The first kappa shape index (κ1) is 11.9. The van der Waals surface area contributed by atoms with Crippen LogP contribution in [0.1, 0.15) is 17.4 Å². The van der Waals surface area contributed by atoms with Crippen LogP contribution in [0.3, 0.4) is 0 Å². The summed E-state index contributed by atoms with van der Waals surface area (Å²) in [5, 5.41) is 13.6. The molecule has 98 valence electrons. The standard InChI is InChI=1S/C14H17N5/c1-15-14(11-8-9-18(2)16-11)13-10-6-4-5-7-12(10)19(3)17-13/h4-9,14-15H,1-3H3. The van der Waals surface area contributed by atoms with Crippen molar-refractivity contribution in [1.82, 2.24) is 24.9 Å². The maximum absolute atomic E-state index is 4.65. The normalized spacial score (nSPS) is 13.0. The Balaban J connectivity index is 2.16. The van der Waals surface area contributed by atoms with Crippen LogP contribution in [0, 0.1) is 0 Å². The van der Waals surface area contributed by atoms with Gasteiger partial charge in [-0.25, -0.2) is 0 Å². The molecular formula is C14H17N5. The summed E-state index contributed by atoms with van der Waals surface area (Å²) >= 11 is 0. The van der Waals surface area contributed by atoms with Crippen molar-refractivity contribution >= 4 is 10.9 Å². The first-order valence-electron chi connectivity index (χ1n) is 6.29. The van der Waals surface area contributed by atoms with E-state index in [1.807, 2.05) is 54.9 Å². The maximum atomic E-state index is 4.65. The summed E-state index contributed by atoms with van der Waals surface area (Å²) in [5.74, 6) is 0. The van der Waals surface area contributed by atoms with Crippen LogP contribution in [-0.2, 0) is 14.1 Å². The second-order valence-electron chi connectivity index (χ2n) is 4.66. The molecule has 1 aromatic carbocycles. The summed E-state index contributed by atoms with van der Waals surface area (Å²) in [4.78, 5) is 0. The van der Waals surface area contributed by atoms with Crippen LogP contribution in [0.5, 0.6) is 0 Å². The summed E-state index contributed by atoms with van der Waals surface area (Å²) in [5.41, 5.74) is 3.13. The average molecular weight is 255 g/mol. The van der Waals surface area contributed by atoms with Crippen molar-refractivity contribution in [3.63, 3.8) is 0 Å². The van der Waals surface area contributed by atoms with E-state index < -0.39 is 0 Å². The smallest absolute Gasteiger partial charge is 0.0966 e. The molecule has 0 aliphatic carbocycles. The second-order valence-corrected chi connectivity index (χ2v) is 4.66. The van der Waals surface area contributed by atoms with E-state index in [-0.39, 0.29) is 6.04 Å². The number of aryl methyl sites for hydroxylation is 2. The summed E-state index contributed by atoms with van der Waals surface area (Å²) in [6.07, 6.45) is 1.95. The highest BCUT2D eigenvalue weighted by Gasteiger charge is 2.21. The van der Waals surface area contributed by atoms with Gasteiger partial charge in [0, 0.05) is 25.7 Å². The molecule has 0 aliphatic rings. The third kappa shape index (κ3) is 1.92. The maximum Gasteiger partial charge on any atom is 0.0966 e. The third-order valence-electron chi connectivity index (χ3n) is 3.38. The highest BCUT2D eigenvalue weighted by Crippen LogP contribution is 2.26. The van der Waals surface area contributed by atoms with Crippen molar-refractivity contribution in [1.29, 1.82) is 0 Å². The molecule has 0 saturated heterocycles. The molecule has 0 aliphatic heterocycles. The largest absolute Gasteiger partial charge is 0.307 e. The van der Waals surface area contributed by atoms with Gasteiger partial charge in [-0.05, 0) is 19.2 Å². The SMILES string of the molecule is CNC(c1ccn(C)n1)c1nn(C)c2ccccc12. The van der Waals surface area contributed by atoms with Gasteiger partial charge in [-0.2, -0.15) is 10.2 Å². The molecule has 0 spiro atoms. The molecule has 3 aromatic rings. The molecule has 3 rings (SSSR count). The third-order valence-corrected chi connectivity index (χ3v) is 3.38. The minimum Gasteiger partial charge on any atom is -0.307 e. The highest BCUT2D eigenvalue weighted by atomic mass is 15.3. The fourth-order valence-electron chi connectivity index (χ4n) is 2.47. The van der Waals surface area contributed by atoms with Gasteiger partial charge in [-0.1, -0.05) is 18.2 Å². The fourth-order valence-corrected chi connectivity index (χ4v) is 2.47. The quantitative estimate of drug-likeness (QED) is 0.773. The zero-order valence-corrected chi connectivity index (χ0v) is 11.3. The number of para-hydroxylation sites is 1. The number of nitrogens with one attached hydrogen (secondary N) is 1. The van der Waals surface area contributed by atoms with Crippen molar-refractivity contribution in [2.45, 2.75) is 6.04 Å². The van der Waals surface area contributed by atoms with E-state index in [1.54, 1.807) is 0 Å². The molecule has 1 unspecified atom stereocenters. The van der Waals surface area contributed by atoms with E-state index in [0.29, 0.717) is 0 Å². The Morgan fingerprint density at radius 1 is 1.11 bits per heavy atom. The molecule has 2 heterocycles. The number of rotatable bonds is 3. The lowest BCUT2D eigenvalue weighted by Crippen LogP contribution is -2.19. The minimum atomic E-state index is 0.00676. The Hall–Kier alpha value is -2.14. The predicted octanol–water partition coefficient (Wildman–Crippen LogP) is 1.62. The molecule has 0 fully saturated rings. The van der Waals surface area contributed by atoms with Gasteiger partial charge >= 0.3 is 0 Å². The van der Waals surface area contributed by atoms with Gasteiger partial charge in [0.15, 0.2) is 0 Å². The topological polar surface area (TPSA) is 47.7 Å². The number of nitrogens with zero attached hydrogens (tertiary/aromatic N) is 4. The van der Waals surface area contributed by atoms with Gasteiger partial charge < -0.3 is 5.32 Å². The second kappa shape index (κ2) is 4.51. The molecule has 0 amide bonds. The van der Waals surface area contributed by atoms with Crippen LogP contribution < -0.4 is 5.32 Å². The van der Waals surface area contributed by atoms with E-state index in [0.717, 1.165) is 22.3 Å². The van der Waals surface area contributed by atoms with E-state index in [1.165, 1.54) is 0 Å². The lowest BCUT2D eigenvalue weighted by molar-refractivity contribution is 0.615. The molecular weight excluding hydrogens is 238 g/mol. The lowest BCUT2D eigenvalue weighted by atomic mass is 10.1. The van der Waals surface area contributed by atoms with Gasteiger partial charge in [-0.3, -0.25) is 9.36 Å². The van der Waals surface area contributed by atoms with Crippen molar-refractivity contribution < 1.29 is 0 Å². The monoisotopic (exact) mass is 255 g/mol. The Labute approximate surface area is 111 Å². The minimum absolute atomic E-state index is 0.00676. The zero-order valence-electron chi connectivity index (χ0n) is 11.3. The number of fused-ring (bicyclic) bond motifs is 1. The zero-order chi connectivity index (χ0) is 13.4. The van der Waals surface area contributed by atoms with Gasteiger partial charge in [0.25, 0.3) is 0 Å². The average Bonchev–Trinajstić information content (AvgIpc) is 2.97. The summed E-state index contributed by atoms with van der Waals surface area (Å²) in [6.45, 7) is 0. The van der Waals surface area contributed by atoms with Gasteiger partial charge in [0.05, 0.1) is 22.9 Å². The Bertz CT molecular complexity index is 710. The molecule has 19 heavy (non-hydrogen) atoms. The Morgan fingerprint density at radius 3 is 2.58 bits per heavy atom. The van der Waals surface area contributed by atoms with Crippen molar-refractivity contribution in [3.05, 3.63) is 47.9 Å². The fraction of sp³-hybridized carbons (Fsp3) is 0.286. The van der Waals surface area contributed by atoms with E-state index in [9.17, 15) is 0 Å². The van der Waals surface area contributed by atoms with Crippen LogP contribution in [-0.4, -0.2) is 26.6 Å². The number of aromatic nitrogens is 4. The van der Waals surface area contributed by atoms with Gasteiger partial charge in [0.1, 0.15) is 0 Å². The predicted molar refractivity (Wildman–Crippen MR) is 74.8 cm³/mol. The van der Waals surface area contributed by atoms with Crippen molar-refractivity contribution in [3.8, 4) is 0 Å². The lowest BCUT2D eigenvalue weighted by Gasteiger charge is -2.11. The molecule has 0 saturated carbocycles. The van der Waals surface area contributed by atoms with E-state index in [4.69, 9.17) is 0 Å². The van der Waals surface area contributed by atoms with Crippen molar-refractivity contribution in [2.75, 3.05) is 7.05 Å². The van der Waals surface area contributed by atoms with Crippen LogP contribution >= 0.6 is 0 Å². The Kier molecular flexibility index (Phi) is 2.83. The highest BCUT2D eigenvalue weighted by molar-refractivity contribution is 5.82. The van der Waals surface area contributed by atoms with Gasteiger partial charge in [0.2, 0.25) is 0 Å².